The van der Waals surface area contributed by atoms with Crippen molar-refractivity contribution in [3.8, 4) is 0 Å². The Balaban J connectivity index is 2.25. The lowest BCUT2D eigenvalue weighted by atomic mass is 10.3. The highest BCUT2D eigenvalue weighted by Crippen LogP contribution is 2.19. The third-order valence-electron chi connectivity index (χ3n) is 3.38. The number of rotatable bonds is 7. The molecular formula is C16H23N3O2. The number of ether oxygens (including phenoxy) is 1. The number of carbonyl (C=O) groups is 1. The number of carbonyl (C=O) groups excluding carboxylic acids is 1. The molecule has 2 aromatic rings. The molecule has 0 fully saturated rings. The number of anilines is 1. The number of hydrogen-bond acceptors (Lipinski definition) is 4. The van der Waals surface area contributed by atoms with Crippen molar-refractivity contribution in [2.24, 2.45) is 0 Å². The average molecular weight is 289 g/mol. The van der Waals surface area contributed by atoms with Crippen molar-refractivity contribution < 1.29 is 9.53 Å². The monoisotopic (exact) mass is 289 g/mol. The van der Waals surface area contributed by atoms with E-state index in [0.29, 0.717) is 0 Å². The molecule has 0 bridgehead atoms. The van der Waals surface area contributed by atoms with Crippen LogP contribution < -0.4 is 5.32 Å². The smallest absolute Gasteiger partial charge is 0.326 e. The van der Waals surface area contributed by atoms with Crippen LogP contribution in [-0.4, -0.2) is 28.2 Å². The summed E-state index contributed by atoms with van der Waals surface area (Å²) in [7, 11) is 0. The molecule has 1 atom stereocenters. The summed E-state index contributed by atoms with van der Waals surface area (Å²) in [5.41, 5.74) is 1.82. The minimum atomic E-state index is -0.230. The van der Waals surface area contributed by atoms with Crippen molar-refractivity contribution in [1.29, 1.82) is 0 Å². The first kappa shape index (κ1) is 15.4. The summed E-state index contributed by atoms with van der Waals surface area (Å²) in [6.45, 7) is 7.00. The molecule has 0 saturated carbocycles. The first-order valence-corrected chi connectivity index (χ1v) is 7.54. The lowest BCUT2D eigenvalue weighted by molar-refractivity contribution is -0.148. The van der Waals surface area contributed by atoms with Crippen LogP contribution in [0.3, 0.4) is 0 Å². The van der Waals surface area contributed by atoms with Gasteiger partial charge in [0, 0.05) is 6.54 Å². The lowest BCUT2D eigenvalue weighted by Crippen LogP contribution is -2.20. The molecule has 0 amide bonds. The van der Waals surface area contributed by atoms with Crippen molar-refractivity contribution >= 4 is 23.0 Å². The van der Waals surface area contributed by atoms with Crippen molar-refractivity contribution in [1.82, 2.24) is 9.55 Å². The molecule has 0 aliphatic rings. The fourth-order valence-corrected chi connectivity index (χ4v) is 2.08. The molecule has 21 heavy (non-hydrogen) atoms. The maximum atomic E-state index is 12.1. The number of nitrogens with zero attached hydrogens (tertiary/aromatic N) is 2. The molecule has 1 aromatic heterocycles. The fourth-order valence-electron chi connectivity index (χ4n) is 2.08. The molecule has 1 unspecified atom stereocenters. The van der Waals surface area contributed by atoms with Gasteiger partial charge in [0.15, 0.2) is 0 Å². The van der Waals surface area contributed by atoms with Gasteiger partial charge in [-0.3, -0.25) is 9.36 Å². The summed E-state index contributed by atoms with van der Waals surface area (Å²) in [4.78, 5) is 16.6. The minimum Gasteiger partial charge on any atom is -0.461 e. The van der Waals surface area contributed by atoms with Crippen molar-refractivity contribution in [2.75, 3.05) is 11.9 Å². The Labute approximate surface area is 125 Å². The van der Waals surface area contributed by atoms with E-state index in [9.17, 15) is 4.79 Å². The molecule has 1 aromatic carbocycles. The average Bonchev–Trinajstić information content (AvgIpc) is 2.83. The number of fused-ring (bicyclic) bond motifs is 1. The fraction of sp³-hybridized carbons (Fsp3) is 0.500. The highest BCUT2D eigenvalue weighted by molar-refractivity contribution is 5.81. The van der Waals surface area contributed by atoms with E-state index in [4.69, 9.17) is 4.74 Å². The highest BCUT2D eigenvalue weighted by Gasteiger charge is 2.15. The zero-order chi connectivity index (χ0) is 15.2. The van der Waals surface area contributed by atoms with Gasteiger partial charge in [-0.2, -0.15) is 0 Å². The molecule has 114 valence electrons. The van der Waals surface area contributed by atoms with E-state index in [1.807, 2.05) is 42.7 Å². The van der Waals surface area contributed by atoms with Gasteiger partial charge in [0.2, 0.25) is 5.95 Å². The van der Waals surface area contributed by atoms with E-state index in [2.05, 4.69) is 17.2 Å². The first-order chi connectivity index (χ1) is 10.2. The second-order valence-electron chi connectivity index (χ2n) is 5.15. The summed E-state index contributed by atoms with van der Waals surface area (Å²) in [5.74, 6) is 0.492. The van der Waals surface area contributed by atoms with Gasteiger partial charge in [0.1, 0.15) is 6.54 Å². The normalized spacial score (nSPS) is 12.3. The predicted molar refractivity (Wildman–Crippen MR) is 84.4 cm³/mol. The number of imidazole rings is 1. The van der Waals surface area contributed by atoms with Crippen molar-refractivity contribution in [3.05, 3.63) is 24.3 Å². The lowest BCUT2D eigenvalue weighted by Gasteiger charge is -2.13. The van der Waals surface area contributed by atoms with Crippen LogP contribution in [0, 0.1) is 0 Å². The molecule has 0 radical (unpaired) electrons. The minimum absolute atomic E-state index is 0.0562. The molecule has 0 saturated heterocycles. The van der Waals surface area contributed by atoms with Gasteiger partial charge in [-0.25, -0.2) is 4.98 Å². The molecule has 2 rings (SSSR count). The summed E-state index contributed by atoms with van der Waals surface area (Å²) in [6.07, 6.45) is 1.76. The van der Waals surface area contributed by atoms with E-state index in [0.717, 1.165) is 36.4 Å². The Kier molecular flexibility index (Phi) is 5.20. The first-order valence-electron chi connectivity index (χ1n) is 7.54. The maximum Gasteiger partial charge on any atom is 0.326 e. The molecular weight excluding hydrogens is 266 g/mol. The number of benzene rings is 1. The quantitative estimate of drug-likeness (QED) is 0.795. The number of nitrogens with one attached hydrogen (secondary N) is 1. The molecule has 1 N–H and O–H groups in total. The SMILES string of the molecule is CCCNc1nc2ccccc2n1CC(=O)OC(C)CC. The van der Waals surface area contributed by atoms with E-state index in [-0.39, 0.29) is 18.6 Å². The second kappa shape index (κ2) is 7.11. The van der Waals surface area contributed by atoms with Crippen LogP contribution in [-0.2, 0) is 16.1 Å². The van der Waals surface area contributed by atoms with E-state index in [1.165, 1.54) is 0 Å². The predicted octanol–water partition coefficient (Wildman–Crippen LogP) is 3.20. The second-order valence-corrected chi connectivity index (χ2v) is 5.15. The molecule has 0 aliphatic carbocycles. The van der Waals surface area contributed by atoms with Crippen LogP contribution in [0.4, 0.5) is 5.95 Å². The standard InChI is InChI=1S/C16H23N3O2/c1-4-10-17-16-18-13-8-6-7-9-14(13)19(16)11-15(20)21-12(3)5-2/h6-9,12H,4-5,10-11H2,1-3H3,(H,17,18). The summed E-state index contributed by atoms with van der Waals surface area (Å²) in [6, 6.07) is 7.81. The topological polar surface area (TPSA) is 56.2 Å². The van der Waals surface area contributed by atoms with Gasteiger partial charge in [-0.15, -0.1) is 0 Å². The highest BCUT2D eigenvalue weighted by atomic mass is 16.5. The van der Waals surface area contributed by atoms with Crippen LogP contribution in [0.1, 0.15) is 33.6 Å². The van der Waals surface area contributed by atoms with Gasteiger partial charge in [0.05, 0.1) is 17.1 Å². The van der Waals surface area contributed by atoms with Crippen LogP contribution in [0.25, 0.3) is 11.0 Å². The van der Waals surface area contributed by atoms with E-state index in [1.54, 1.807) is 0 Å². The van der Waals surface area contributed by atoms with E-state index >= 15 is 0 Å². The maximum absolute atomic E-state index is 12.1. The van der Waals surface area contributed by atoms with Crippen LogP contribution >= 0.6 is 0 Å². The number of hydrogen-bond donors (Lipinski definition) is 1. The van der Waals surface area contributed by atoms with Gasteiger partial charge in [-0.05, 0) is 31.9 Å². The Morgan fingerprint density at radius 1 is 1.38 bits per heavy atom. The molecule has 5 nitrogen and oxygen atoms in total. The molecule has 1 heterocycles. The van der Waals surface area contributed by atoms with Crippen LogP contribution in [0.5, 0.6) is 0 Å². The molecule has 0 aliphatic heterocycles. The number of aromatic nitrogens is 2. The summed E-state index contributed by atoms with van der Waals surface area (Å²) in [5, 5.41) is 3.27. The van der Waals surface area contributed by atoms with E-state index < -0.39 is 0 Å². The van der Waals surface area contributed by atoms with Gasteiger partial charge >= 0.3 is 5.97 Å². The number of esters is 1. The number of para-hydroxylation sites is 2. The third-order valence-corrected chi connectivity index (χ3v) is 3.38. The zero-order valence-corrected chi connectivity index (χ0v) is 12.9. The zero-order valence-electron chi connectivity index (χ0n) is 12.9. The Morgan fingerprint density at radius 3 is 2.86 bits per heavy atom. The molecule has 0 spiro atoms. The Morgan fingerprint density at radius 2 is 2.14 bits per heavy atom. The summed E-state index contributed by atoms with van der Waals surface area (Å²) < 4.78 is 7.25. The van der Waals surface area contributed by atoms with Crippen molar-refractivity contribution in [2.45, 2.75) is 46.3 Å². The summed E-state index contributed by atoms with van der Waals surface area (Å²) >= 11 is 0. The van der Waals surface area contributed by atoms with Gasteiger partial charge in [0.25, 0.3) is 0 Å². The Hall–Kier alpha value is -2.04. The largest absolute Gasteiger partial charge is 0.461 e. The van der Waals surface area contributed by atoms with Gasteiger partial charge < -0.3 is 10.1 Å². The molecule has 5 heteroatoms. The Bertz CT molecular complexity index is 607. The van der Waals surface area contributed by atoms with Crippen LogP contribution in [0.15, 0.2) is 24.3 Å². The third kappa shape index (κ3) is 3.74. The van der Waals surface area contributed by atoms with Crippen molar-refractivity contribution in [3.63, 3.8) is 0 Å². The van der Waals surface area contributed by atoms with Crippen LogP contribution in [0.2, 0.25) is 0 Å². The van der Waals surface area contributed by atoms with Gasteiger partial charge in [-0.1, -0.05) is 26.0 Å².